The van der Waals surface area contributed by atoms with Crippen LogP contribution in [0.15, 0.2) is 45.1 Å². The summed E-state index contributed by atoms with van der Waals surface area (Å²) in [6, 6.07) is 5.73. The Morgan fingerprint density at radius 2 is 2.24 bits per heavy atom. The van der Waals surface area contributed by atoms with Crippen molar-refractivity contribution in [3.8, 4) is 0 Å². The summed E-state index contributed by atoms with van der Waals surface area (Å²) < 4.78 is 5.80. The highest BCUT2D eigenvalue weighted by Gasteiger charge is 2.34. The Morgan fingerprint density at radius 3 is 3.03 bits per heavy atom. The molecule has 1 atom stereocenters. The van der Waals surface area contributed by atoms with Gasteiger partial charge in [0.1, 0.15) is 11.6 Å². The number of allylic oxidation sites excluding steroid dienone is 1. The number of rotatable bonds is 3. The van der Waals surface area contributed by atoms with Crippen molar-refractivity contribution in [2.75, 3.05) is 5.32 Å². The normalized spacial score (nSPS) is 19.2. The molecule has 2 aromatic heterocycles. The number of nitrogens with one attached hydrogen (secondary N) is 3. The van der Waals surface area contributed by atoms with Crippen molar-refractivity contribution < 1.29 is 9.21 Å². The zero-order valence-corrected chi connectivity index (χ0v) is 16.5. The Morgan fingerprint density at radius 1 is 1.34 bits per heavy atom. The number of hydrogen-bond donors (Lipinski definition) is 3. The first-order chi connectivity index (χ1) is 14.1. The molecule has 9 heteroatoms. The Balaban J connectivity index is 1.50. The summed E-state index contributed by atoms with van der Waals surface area (Å²) in [5, 5.41) is 13.6. The van der Waals surface area contributed by atoms with Gasteiger partial charge in [0.2, 0.25) is 5.96 Å². The smallest absolute Gasteiger partial charge is 0.302 e. The van der Waals surface area contributed by atoms with E-state index in [4.69, 9.17) is 16.0 Å². The lowest BCUT2D eigenvalue weighted by Gasteiger charge is -2.29. The molecule has 5 rings (SSSR count). The van der Waals surface area contributed by atoms with Crippen molar-refractivity contribution >= 4 is 40.5 Å². The van der Waals surface area contributed by atoms with Crippen LogP contribution in [0.2, 0.25) is 5.02 Å². The number of anilines is 1. The summed E-state index contributed by atoms with van der Waals surface area (Å²) in [6.45, 7) is 2.10. The van der Waals surface area contributed by atoms with Crippen molar-refractivity contribution in [1.82, 2.24) is 20.5 Å². The molecule has 2 aliphatic rings. The van der Waals surface area contributed by atoms with Crippen LogP contribution in [0.3, 0.4) is 0 Å². The Kier molecular flexibility index (Phi) is 4.35. The molecule has 3 aromatic rings. The number of hydrogen-bond acceptors (Lipinski definition) is 7. The van der Waals surface area contributed by atoms with Crippen molar-refractivity contribution in [2.45, 2.75) is 38.6 Å². The van der Waals surface area contributed by atoms with E-state index < -0.39 is 6.04 Å². The summed E-state index contributed by atoms with van der Waals surface area (Å²) in [4.78, 5) is 21.8. The molecule has 1 aliphatic heterocycles. The molecule has 148 valence electrons. The maximum Gasteiger partial charge on any atom is 0.302 e. The van der Waals surface area contributed by atoms with Crippen LogP contribution in [0.1, 0.15) is 43.5 Å². The van der Waals surface area contributed by atoms with Gasteiger partial charge in [-0.05, 0) is 37.0 Å². The molecule has 0 bridgehead atoms. The van der Waals surface area contributed by atoms with Gasteiger partial charge in [-0.15, -0.1) is 0 Å². The number of aryl methyl sites for hydroxylation is 1. The first-order valence-corrected chi connectivity index (χ1v) is 9.96. The Hall–Kier alpha value is -3.13. The number of carbonyl (C=O) groups is 1. The standard InChI is InChI=1S/C20H19ClN6O2/c1-2-10-6-7-15-13(8-10)24-20(29-15)26-19-23-12-4-3-5-14(28)16(12)18(25-19)17-11(21)9-22-27-17/h6-9,18H,2-5H2,1H3,(H,22,27)(H2,23,24,25,26). The van der Waals surface area contributed by atoms with Crippen LogP contribution in [0.5, 0.6) is 0 Å². The molecule has 3 heterocycles. The molecule has 0 radical (unpaired) electrons. The SMILES string of the molecule is CCc1ccc2oc(NC3=NC(c4[nH]ncc4Cl)C4=C(CCCC4=O)N3)nc2c1. The second kappa shape index (κ2) is 7.04. The van der Waals surface area contributed by atoms with Crippen LogP contribution in [-0.2, 0) is 11.2 Å². The highest BCUT2D eigenvalue weighted by atomic mass is 35.5. The van der Waals surface area contributed by atoms with E-state index in [1.165, 1.54) is 11.8 Å². The number of aliphatic imine (C=N–C) groups is 1. The van der Waals surface area contributed by atoms with E-state index >= 15 is 0 Å². The zero-order valence-electron chi connectivity index (χ0n) is 15.8. The van der Waals surface area contributed by atoms with Crippen molar-refractivity contribution in [1.29, 1.82) is 0 Å². The number of ketones is 1. The van der Waals surface area contributed by atoms with Crippen molar-refractivity contribution in [2.24, 2.45) is 4.99 Å². The predicted octanol–water partition coefficient (Wildman–Crippen LogP) is 3.89. The fourth-order valence-electron chi connectivity index (χ4n) is 3.77. The topological polar surface area (TPSA) is 108 Å². The van der Waals surface area contributed by atoms with E-state index in [0.29, 0.717) is 40.3 Å². The maximum absolute atomic E-state index is 12.6. The van der Waals surface area contributed by atoms with Crippen LogP contribution in [-0.4, -0.2) is 26.9 Å². The second-order valence-electron chi connectivity index (χ2n) is 7.11. The Labute approximate surface area is 171 Å². The number of fused-ring (bicyclic) bond motifs is 1. The van der Waals surface area contributed by atoms with Crippen LogP contribution < -0.4 is 10.6 Å². The monoisotopic (exact) mass is 410 g/mol. The molecule has 1 aliphatic carbocycles. The fourth-order valence-corrected chi connectivity index (χ4v) is 3.97. The van der Waals surface area contributed by atoms with Gasteiger partial charge in [0.25, 0.3) is 0 Å². The summed E-state index contributed by atoms with van der Waals surface area (Å²) in [5.74, 6) is 0.530. The number of halogens is 1. The lowest BCUT2D eigenvalue weighted by Crippen LogP contribution is -2.38. The average Bonchev–Trinajstić information content (AvgIpc) is 3.32. The predicted molar refractivity (Wildman–Crippen MR) is 110 cm³/mol. The minimum Gasteiger partial charge on any atom is -0.423 e. The number of benzene rings is 1. The van der Waals surface area contributed by atoms with E-state index in [9.17, 15) is 4.79 Å². The highest BCUT2D eigenvalue weighted by Crippen LogP contribution is 2.37. The lowest BCUT2D eigenvalue weighted by molar-refractivity contribution is -0.116. The molecule has 0 amide bonds. The van der Waals surface area contributed by atoms with Crippen molar-refractivity contribution in [3.63, 3.8) is 0 Å². The van der Waals surface area contributed by atoms with Gasteiger partial charge in [0.15, 0.2) is 11.4 Å². The molecule has 1 unspecified atom stereocenters. The molecule has 0 saturated carbocycles. The minimum atomic E-state index is -0.548. The first kappa shape index (κ1) is 17.9. The van der Waals surface area contributed by atoms with E-state index in [1.54, 1.807) is 0 Å². The number of nitrogens with zero attached hydrogens (tertiary/aromatic N) is 3. The molecule has 0 saturated heterocycles. The van der Waals surface area contributed by atoms with Gasteiger partial charge in [-0.2, -0.15) is 10.1 Å². The third-order valence-electron chi connectivity index (χ3n) is 5.24. The number of guanidine groups is 1. The van der Waals surface area contributed by atoms with Crippen molar-refractivity contribution in [3.05, 3.63) is 51.9 Å². The zero-order chi connectivity index (χ0) is 20.0. The van der Waals surface area contributed by atoms with Crippen LogP contribution in [0.4, 0.5) is 6.01 Å². The molecule has 0 spiro atoms. The summed E-state index contributed by atoms with van der Waals surface area (Å²) >= 11 is 6.27. The van der Waals surface area contributed by atoms with Gasteiger partial charge in [-0.1, -0.05) is 24.6 Å². The minimum absolute atomic E-state index is 0.0752. The van der Waals surface area contributed by atoms with E-state index in [-0.39, 0.29) is 5.78 Å². The van der Waals surface area contributed by atoms with Gasteiger partial charge >= 0.3 is 6.01 Å². The summed E-state index contributed by atoms with van der Waals surface area (Å²) in [6.07, 6.45) is 4.51. The highest BCUT2D eigenvalue weighted by molar-refractivity contribution is 6.31. The van der Waals surface area contributed by atoms with E-state index in [1.807, 2.05) is 18.2 Å². The van der Waals surface area contributed by atoms with E-state index in [0.717, 1.165) is 30.5 Å². The van der Waals surface area contributed by atoms with Crippen LogP contribution in [0, 0.1) is 0 Å². The molecule has 3 N–H and O–H groups in total. The maximum atomic E-state index is 12.6. The molecular weight excluding hydrogens is 392 g/mol. The number of carbonyl (C=O) groups excluding carboxylic acids is 1. The molecule has 8 nitrogen and oxygen atoms in total. The molecular formula is C20H19ClN6O2. The summed E-state index contributed by atoms with van der Waals surface area (Å²) in [5.41, 5.74) is 4.75. The number of oxazole rings is 1. The summed E-state index contributed by atoms with van der Waals surface area (Å²) in [7, 11) is 0. The van der Waals surface area contributed by atoms with Crippen LogP contribution in [0.25, 0.3) is 11.1 Å². The third kappa shape index (κ3) is 3.19. The van der Waals surface area contributed by atoms with E-state index in [2.05, 4.69) is 37.7 Å². The molecule has 0 fully saturated rings. The largest absolute Gasteiger partial charge is 0.423 e. The lowest BCUT2D eigenvalue weighted by atomic mass is 9.88. The van der Waals surface area contributed by atoms with Crippen LogP contribution >= 0.6 is 11.6 Å². The molecule has 29 heavy (non-hydrogen) atoms. The third-order valence-corrected chi connectivity index (χ3v) is 5.54. The van der Waals surface area contributed by atoms with Gasteiger partial charge in [-0.3, -0.25) is 15.2 Å². The second-order valence-corrected chi connectivity index (χ2v) is 7.51. The number of aromatic nitrogens is 3. The first-order valence-electron chi connectivity index (χ1n) is 9.58. The number of Topliss-reactive ketones (excluding diaryl/α,β-unsaturated/α-hetero) is 1. The average molecular weight is 411 g/mol. The Bertz CT molecular complexity index is 1170. The molecule has 1 aromatic carbocycles. The van der Waals surface area contributed by atoms with Gasteiger partial charge in [0, 0.05) is 17.7 Å². The quantitative estimate of drug-likeness (QED) is 0.604. The fraction of sp³-hybridized carbons (Fsp3) is 0.300. The van der Waals surface area contributed by atoms with Gasteiger partial charge in [0.05, 0.1) is 16.9 Å². The number of aromatic amines is 1. The van der Waals surface area contributed by atoms with Gasteiger partial charge in [-0.25, -0.2) is 4.99 Å². The van der Waals surface area contributed by atoms with Gasteiger partial charge < -0.3 is 9.73 Å². The number of H-pyrrole nitrogens is 1.